The van der Waals surface area contributed by atoms with E-state index in [2.05, 4.69) is 17.0 Å². The number of nitrogens with zero attached hydrogens (tertiary/aromatic N) is 1. The molecule has 5 heteroatoms. The van der Waals surface area contributed by atoms with Crippen LogP contribution >= 0.6 is 23.2 Å². The summed E-state index contributed by atoms with van der Waals surface area (Å²) < 4.78 is 6.01. The van der Waals surface area contributed by atoms with Crippen LogP contribution in [0.2, 0.25) is 10.0 Å². The van der Waals surface area contributed by atoms with Crippen molar-refractivity contribution in [2.45, 2.75) is 13.2 Å². The monoisotopic (exact) mass is 319 g/mol. The third kappa shape index (κ3) is 3.11. The molecule has 0 aliphatic carbocycles. The minimum Gasteiger partial charge on any atom is -0.423 e. The molecule has 1 heterocycles. The quantitative estimate of drug-likeness (QED) is 0.807. The predicted molar refractivity (Wildman–Crippen MR) is 90.1 cm³/mol. The largest absolute Gasteiger partial charge is 0.423 e. The summed E-state index contributed by atoms with van der Waals surface area (Å²) in [5, 5.41) is 1.51. The molecule has 2 aromatic rings. The van der Waals surface area contributed by atoms with Crippen LogP contribution in [0.25, 0.3) is 0 Å². The normalized spacial score (nSPS) is 13.9. The summed E-state index contributed by atoms with van der Waals surface area (Å²) in [5.74, 6) is 0. The zero-order chi connectivity index (χ0) is 15.0. The average Bonchev–Trinajstić information content (AvgIpc) is 2.81. The fourth-order valence-electron chi connectivity index (χ4n) is 2.78. The lowest BCUT2D eigenvalue weighted by Crippen LogP contribution is -2.43. The first-order chi connectivity index (χ1) is 10.0. The Balaban J connectivity index is 2.03. The molecular weight excluding hydrogens is 304 g/mol. The van der Waals surface area contributed by atoms with Crippen LogP contribution in [0, 0.1) is 0 Å². The first-order valence-electron chi connectivity index (χ1n) is 6.87. The maximum atomic E-state index is 6.15. The van der Waals surface area contributed by atoms with Crippen molar-refractivity contribution in [3.8, 4) is 0 Å². The van der Waals surface area contributed by atoms with Crippen molar-refractivity contribution in [1.82, 2.24) is 4.90 Å². The van der Waals surface area contributed by atoms with Gasteiger partial charge in [0.1, 0.15) is 0 Å². The van der Waals surface area contributed by atoms with Crippen LogP contribution in [-0.2, 0) is 17.8 Å². The minimum atomic E-state index is -0.0375. The molecule has 0 fully saturated rings. The first-order valence-corrected chi connectivity index (χ1v) is 7.63. The fourth-order valence-corrected chi connectivity index (χ4v) is 3.17. The van der Waals surface area contributed by atoms with Gasteiger partial charge < -0.3 is 9.55 Å². The molecule has 0 atom stereocenters. The second kappa shape index (κ2) is 6.01. The van der Waals surface area contributed by atoms with Gasteiger partial charge in [-0.15, -0.1) is 0 Å². The van der Waals surface area contributed by atoms with E-state index in [9.17, 15) is 0 Å². The van der Waals surface area contributed by atoms with E-state index in [0.717, 1.165) is 16.6 Å². The van der Waals surface area contributed by atoms with Gasteiger partial charge in [-0.25, -0.2) is 0 Å². The summed E-state index contributed by atoms with van der Waals surface area (Å²) in [5.41, 5.74) is 4.73. The standard InChI is InChI=1S/C16H16BCl2NO/c1-20(2)9-11-7-13(18)3-5-15(11)17-16-6-4-14(19)8-12(16)10-21-17/h3-8H,9-10H2,1-2H3. The molecule has 0 amide bonds. The van der Waals surface area contributed by atoms with E-state index in [-0.39, 0.29) is 6.92 Å². The van der Waals surface area contributed by atoms with E-state index < -0.39 is 0 Å². The van der Waals surface area contributed by atoms with E-state index in [1.807, 2.05) is 38.4 Å². The second-order valence-corrected chi connectivity index (χ2v) is 6.49. The SMILES string of the molecule is CN(C)Cc1cc(Cl)ccc1B1OCc2cc(Cl)ccc21. The molecule has 108 valence electrons. The highest BCUT2D eigenvalue weighted by molar-refractivity contribution is 6.81. The molecule has 0 unspecified atom stereocenters. The Bertz CT molecular complexity index is 675. The molecule has 0 saturated heterocycles. The first kappa shape index (κ1) is 14.9. The zero-order valence-corrected chi connectivity index (χ0v) is 13.6. The molecule has 0 N–H and O–H groups in total. The number of rotatable bonds is 3. The van der Waals surface area contributed by atoms with Gasteiger partial charge in [-0.3, -0.25) is 0 Å². The summed E-state index contributed by atoms with van der Waals surface area (Å²) in [6.07, 6.45) is 0. The van der Waals surface area contributed by atoms with Crippen LogP contribution in [-0.4, -0.2) is 25.9 Å². The van der Waals surface area contributed by atoms with Crippen molar-refractivity contribution in [1.29, 1.82) is 0 Å². The minimum absolute atomic E-state index is 0.0375. The Morgan fingerprint density at radius 1 is 1.05 bits per heavy atom. The molecule has 0 radical (unpaired) electrons. The van der Waals surface area contributed by atoms with Crippen molar-refractivity contribution in [3.63, 3.8) is 0 Å². The fraction of sp³-hybridized carbons (Fsp3) is 0.250. The average molecular weight is 320 g/mol. The molecule has 1 aliphatic rings. The summed E-state index contributed by atoms with van der Waals surface area (Å²) in [6, 6.07) is 12.0. The second-order valence-electron chi connectivity index (χ2n) is 5.62. The maximum absolute atomic E-state index is 6.15. The molecule has 1 aliphatic heterocycles. The van der Waals surface area contributed by atoms with Gasteiger partial charge in [0, 0.05) is 16.6 Å². The number of fused-ring (bicyclic) bond motifs is 1. The lowest BCUT2D eigenvalue weighted by Gasteiger charge is -2.17. The number of halogens is 2. The van der Waals surface area contributed by atoms with Gasteiger partial charge in [0.15, 0.2) is 0 Å². The third-order valence-electron chi connectivity index (χ3n) is 3.67. The molecule has 0 aromatic heterocycles. The van der Waals surface area contributed by atoms with E-state index in [1.165, 1.54) is 22.1 Å². The van der Waals surface area contributed by atoms with Crippen LogP contribution in [0.3, 0.4) is 0 Å². The molecule has 2 aromatic carbocycles. The van der Waals surface area contributed by atoms with Crippen molar-refractivity contribution in [3.05, 3.63) is 57.6 Å². The number of benzene rings is 2. The topological polar surface area (TPSA) is 12.5 Å². The van der Waals surface area contributed by atoms with Crippen LogP contribution in [0.4, 0.5) is 0 Å². The van der Waals surface area contributed by atoms with E-state index in [0.29, 0.717) is 6.61 Å². The molecule has 0 spiro atoms. The molecule has 2 nitrogen and oxygen atoms in total. The van der Waals surface area contributed by atoms with E-state index in [4.69, 9.17) is 27.9 Å². The molecule has 0 bridgehead atoms. The summed E-state index contributed by atoms with van der Waals surface area (Å²) in [4.78, 5) is 2.13. The van der Waals surface area contributed by atoms with E-state index >= 15 is 0 Å². The lowest BCUT2D eigenvalue weighted by molar-refractivity contribution is 0.336. The summed E-state index contributed by atoms with van der Waals surface area (Å²) in [7, 11) is 4.10. The van der Waals surface area contributed by atoms with E-state index in [1.54, 1.807) is 0 Å². The van der Waals surface area contributed by atoms with Crippen molar-refractivity contribution >= 4 is 41.0 Å². The van der Waals surface area contributed by atoms with Crippen LogP contribution in [0.5, 0.6) is 0 Å². The van der Waals surface area contributed by atoms with Gasteiger partial charge in [-0.05, 0) is 60.4 Å². The lowest BCUT2D eigenvalue weighted by atomic mass is 9.54. The summed E-state index contributed by atoms with van der Waals surface area (Å²) in [6.45, 7) is 1.40. The van der Waals surface area contributed by atoms with Gasteiger partial charge in [0.25, 0.3) is 0 Å². The van der Waals surface area contributed by atoms with Gasteiger partial charge in [-0.2, -0.15) is 0 Å². The van der Waals surface area contributed by atoms with Gasteiger partial charge in [0.2, 0.25) is 0 Å². The number of hydrogen-bond donors (Lipinski definition) is 0. The Morgan fingerprint density at radius 3 is 2.43 bits per heavy atom. The highest BCUT2D eigenvalue weighted by Gasteiger charge is 2.31. The van der Waals surface area contributed by atoms with Gasteiger partial charge in [-0.1, -0.05) is 35.3 Å². The van der Waals surface area contributed by atoms with Crippen LogP contribution < -0.4 is 10.9 Å². The van der Waals surface area contributed by atoms with Gasteiger partial charge >= 0.3 is 6.92 Å². The van der Waals surface area contributed by atoms with Crippen molar-refractivity contribution in [2.75, 3.05) is 14.1 Å². The maximum Gasteiger partial charge on any atom is 0.362 e. The predicted octanol–water partition coefficient (Wildman–Crippen LogP) is 2.69. The van der Waals surface area contributed by atoms with Gasteiger partial charge in [0.05, 0.1) is 6.61 Å². The Labute approximate surface area is 135 Å². The molecule has 21 heavy (non-hydrogen) atoms. The smallest absolute Gasteiger partial charge is 0.362 e. The highest BCUT2D eigenvalue weighted by Crippen LogP contribution is 2.18. The van der Waals surface area contributed by atoms with Crippen LogP contribution in [0.1, 0.15) is 11.1 Å². The zero-order valence-electron chi connectivity index (χ0n) is 12.1. The summed E-state index contributed by atoms with van der Waals surface area (Å²) >= 11 is 12.2. The Hall–Kier alpha value is -0.995. The third-order valence-corrected chi connectivity index (χ3v) is 4.14. The molecular formula is C16H16BCl2NO. The Kier molecular flexibility index (Phi) is 4.27. The highest BCUT2D eigenvalue weighted by atomic mass is 35.5. The van der Waals surface area contributed by atoms with Crippen molar-refractivity contribution in [2.24, 2.45) is 0 Å². The van der Waals surface area contributed by atoms with Crippen LogP contribution in [0.15, 0.2) is 36.4 Å². The molecule has 3 rings (SSSR count). The Morgan fingerprint density at radius 2 is 1.71 bits per heavy atom. The number of hydrogen-bond acceptors (Lipinski definition) is 2. The molecule has 0 saturated carbocycles. The van der Waals surface area contributed by atoms with Crippen molar-refractivity contribution < 1.29 is 4.65 Å².